The summed E-state index contributed by atoms with van der Waals surface area (Å²) in [6.45, 7) is 5.59. The molecule has 136 valence electrons. The maximum absolute atomic E-state index is 2.50. The first-order valence-electron chi connectivity index (χ1n) is 9.92. The largest absolute Gasteiger partial charge is 0.321 e. The highest BCUT2D eigenvalue weighted by Crippen LogP contribution is 2.57. The average molecular weight is 362 g/mol. The molecule has 2 aliphatic heterocycles. The molecular formula is C26H22N2. The fourth-order valence-electron chi connectivity index (χ4n) is 5.13. The third-order valence-electron chi connectivity index (χ3n) is 6.42. The molecule has 0 amide bonds. The van der Waals surface area contributed by atoms with E-state index in [4.69, 9.17) is 0 Å². The van der Waals surface area contributed by atoms with Gasteiger partial charge < -0.3 is 9.80 Å². The number of para-hydroxylation sites is 2. The highest BCUT2D eigenvalue weighted by atomic mass is 15.4. The molecule has 0 saturated carbocycles. The van der Waals surface area contributed by atoms with Crippen LogP contribution in [0.15, 0.2) is 84.9 Å². The molecule has 0 spiro atoms. The Hall–Kier alpha value is -3.26. The van der Waals surface area contributed by atoms with Gasteiger partial charge in [-0.1, -0.05) is 74.5 Å². The van der Waals surface area contributed by atoms with Crippen LogP contribution in [0.25, 0.3) is 10.8 Å². The number of anilines is 4. The van der Waals surface area contributed by atoms with Crippen molar-refractivity contribution in [3.8, 4) is 0 Å². The Balaban J connectivity index is 1.66. The van der Waals surface area contributed by atoms with E-state index in [2.05, 4.69) is 109 Å². The topological polar surface area (TPSA) is 6.48 Å². The van der Waals surface area contributed by atoms with E-state index >= 15 is 0 Å². The third kappa shape index (κ3) is 1.92. The van der Waals surface area contributed by atoms with E-state index in [-0.39, 0.29) is 5.41 Å². The lowest BCUT2D eigenvalue weighted by Gasteiger charge is -2.40. The molecular weight excluding hydrogens is 340 g/mol. The summed E-state index contributed by atoms with van der Waals surface area (Å²) < 4.78 is 0. The molecule has 0 atom stereocenters. The zero-order chi connectivity index (χ0) is 18.9. The Morgan fingerprint density at radius 2 is 1.46 bits per heavy atom. The minimum absolute atomic E-state index is 0.0509. The molecule has 4 aromatic rings. The Morgan fingerprint density at radius 1 is 0.679 bits per heavy atom. The molecule has 2 aliphatic rings. The van der Waals surface area contributed by atoms with Gasteiger partial charge in [0.1, 0.15) is 6.67 Å². The lowest BCUT2D eigenvalue weighted by Crippen LogP contribution is -2.33. The highest BCUT2D eigenvalue weighted by Gasteiger charge is 2.42. The smallest absolute Gasteiger partial charge is 0.100 e. The van der Waals surface area contributed by atoms with Crippen LogP contribution in [-0.4, -0.2) is 6.67 Å². The van der Waals surface area contributed by atoms with Crippen molar-refractivity contribution >= 4 is 33.5 Å². The second kappa shape index (κ2) is 5.39. The van der Waals surface area contributed by atoms with E-state index in [9.17, 15) is 0 Å². The Kier molecular flexibility index (Phi) is 3.03. The van der Waals surface area contributed by atoms with Crippen LogP contribution in [0.3, 0.4) is 0 Å². The molecule has 6 rings (SSSR count). The molecule has 0 bridgehead atoms. The third-order valence-corrected chi connectivity index (χ3v) is 6.42. The number of hydrogen-bond donors (Lipinski definition) is 0. The first-order chi connectivity index (χ1) is 13.7. The lowest BCUT2D eigenvalue weighted by molar-refractivity contribution is 0.635. The standard InChI is InChI=1S/C26H22N2/c1-26(2)21-13-8-14-23-25(21)28(17-27(23)19-10-4-3-5-11-19)22-16-15-18-9-6-7-12-20(18)24(22)26/h3-16H,17H2,1-2H3. The van der Waals surface area contributed by atoms with Crippen molar-refractivity contribution in [1.29, 1.82) is 0 Å². The number of benzene rings is 4. The van der Waals surface area contributed by atoms with E-state index in [1.807, 2.05) is 0 Å². The van der Waals surface area contributed by atoms with Gasteiger partial charge in [0.2, 0.25) is 0 Å². The van der Waals surface area contributed by atoms with Crippen molar-refractivity contribution in [3.63, 3.8) is 0 Å². The minimum atomic E-state index is -0.0509. The van der Waals surface area contributed by atoms with Crippen molar-refractivity contribution < 1.29 is 0 Å². The molecule has 2 nitrogen and oxygen atoms in total. The van der Waals surface area contributed by atoms with Gasteiger partial charge in [-0.05, 0) is 46.2 Å². The molecule has 28 heavy (non-hydrogen) atoms. The predicted octanol–water partition coefficient (Wildman–Crippen LogP) is 6.73. The summed E-state index contributed by atoms with van der Waals surface area (Å²) in [4.78, 5) is 4.93. The second-order valence-electron chi connectivity index (χ2n) is 8.31. The molecule has 0 radical (unpaired) electrons. The predicted molar refractivity (Wildman–Crippen MR) is 118 cm³/mol. The van der Waals surface area contributed by atoms with Gasteiger partial charge in [0.25, 0.3) is 0 Å². The molecule has 0 fully saturated rings. The van der Waals surface area contributed by atoms with Crippen molar-refractivity contribution in [3.05, 3.63) is 96.1 Å². The van der Waals surface area contributed by atoms with E-state index in [0.717, 1.165) is 6.67 Å². The van der Waals surface area contributed by atoms with Crippen molar-refractivity contribution in [2.45, 2.75) is 19.3 Å². The van der Waals surface area contributed by atoms with E-state index in [0.29, 0.717) is 0 Å². The fourth-order valence-corrected chi connectivity index (χ4v) is 5.13. The summed E-state index contributed by atoms with van der Waals surface area (Å²) in [5.41, 5.74) is 8.03. The van der Waals surface area contributed by atoms with Crippen LogP contribution in [0.5, 0.6) is 0 Å². The quantitative estimate of drug-likeness (QED) is 0.370. The van der Waals surface area contributed by atoms with Crippen molar-refractivity contribution in [2.24, 2.45) is 0 Å². The minimum Gasteiger partial charge on any atom is -0.321 e. The molecule has 4 aromatic carbocycles. The number of hydrogen-bond acceptors (Lipinski definition) is 2. The van der Waals surface area contributed by atoms with Crippen LogP contribution in [0.4, 0.5) is 22.7 Å². The lowest BCUT2D eigenvalue weighted by atomic mass is 9.72. The van der Waals surface area contributed by atoms with Crippen LogP contribution >= 0.6 is 0 Å². The van der Waals surface area contributed by atoms with Crippen LogP contribution in [-0.2, 0) is 5.41 Å². The Labute approximate surface area is 165 Å². The van der Waals surface area contributed by atoms with Crippen LogP contribution in [0, 0.1) is 0 Å². The van der Waals surface area contributed by atoms with E-state index < -0.39 is 0 Å². The molecule has 0 unspecified atom stereocenters. The average Bonchev–Trinajstić information content (AvgIpc) is 3.12. The molecule has 0 N–H and O–H groups in total. The van der Waals surface area contributed by atoms with Crippen molar-refractivity contribution in [1.82, 2.24) is 0 Å². The summed E-state index contributed by atoms with van der Waals surface area (Å²) >= 11 is 0. The summed E-state index contributed by atoms with van der Waals surface area (Å²) in [5.74, 6) is 0. The first-order valence-corrected chi connectivity index (χ1v) is 9.92. The second-order valence-corrected chi connectivity index (χ2v) is 8.31. The zero-order valence-electron chi connectivity index (χ0n) is 16.2. The summed E-state index contributed by atoms with van der Waals surface area (Å²) in [7, 11) is 0. The molecule has 2 heteroatoms. The number of nitrogens with zero attached hydrogens (tertiary/aromatic N) is 2. The highest BCUT2D eigenvalue weighted by molar-refractivity contribution is 6.00. The van der Waals surface area contributed by atoms with Crippen molar-refractivity contribution in [2.75, 3.05) is 16.5 Å². The van der Waals surface area contributed by atoms with Crippen LogP contribution < -0.4 is 9.80 Å². The van der Waals surface area contributed by atoms with Gasteiger partial charge in [-0.25, -0.2) is 0 Å². The maximum Gasteiger partial charge on any atom is 0.100 e. The van der Waals surface area contributed by atoms with Gasteiger partial charge in [-0.3, -0.25) is 0 Å². The normalized spacial score (nSPS) is 16.2. The van der Waals surface area contributed by atoms with Gasteiger partial charge in [0.15, 0.2) is 0 Å². The molecule has 0 saturated heterocycles. The van der Waals surface area contributed by atoms with Gasteiger partial charge in [-0.15, -0.1) is 0 Å². The molecule has 2 heterocycles. The van der Waals surface area contributed by atoms with Gasteiger partial charge in [0, 0.05) is 16.8 Å². The molecule has 0 aliphatic carbocycles. The van der Waals surface area contributed by atoms with Gasteiger partial charge >= 0.3 is 0 Å². The number of fused-ring (bicyclic) bond motifs is 4. The fraction of sp³-hybridized carbons (Fsp3) is 0.154. The first kappa shape index (κ1) is 15.8. The van der Waals surface area contributed by atoms with E-state index in [1.54, 1.807) is 0 Å². The summed E-state index contributed by atoms with van der Waals surface area (Å²) in [5, 5.41) is 2.67. The maximum atomic E-state index is 2.50. The van der Waals surface area contributed by atoms with Gasteiger partial charge in [-0.2, -0.15) is 0 Å². The van der Waals surface area contributed by atoms with Crippen LogP contribution in [0.1, 0.15) is 25.0 Å². The monoisotopic (exact) mass is 362 g/mol. The Morgan fingerprint density at radius 3 is 2.32 bits per heavy atom. The summed E-state index contributed by atoms with van der Waals surface area (Å²) in [6.07, 6.45) is 0. The van der Waals surface area contributed by atoms with Gasteiger partial charge in [0.05, 0.1) is 11.4 Å². The number of rotatable bonds is 1. The van der Waals surface area contributed by atoms with E-state index in [1.165, 1.54) is 44.6 Å². The Bertz CT molecular complexity index is 1220. The SMILES string of the molecule is CC1(C)c2cccc3c2N(CN3c2ccccc2)c2ccc3ccccc3c21. The summed E-state index contributed by atoms with van der Waals surface area (Å²) in [6, 6.07) is 30.9. The molecule has 0 aromatic heterocycles. The van der Waals surface area contributed by atoms with Crippen LogP contribution in [0.2, 0.25) is 0 Å². The zero-order valence-corrected chi connectivity index (χ0v) is 16.2.